The Kier molecular flexibility index (Phi) is 5.23. The number of pyridine rings is 1. The highest BCUT2D eigenvalue weighted by molar-refractivity contribution is 5.92. The zero-order valence-corrected chi connectivity index (χ0v) is 15.8. The van der Waals surface area contributed by atoms with Crippen LogP contribution in [0.15, 0.2) is 54.7 Å². The predicted molar refractivity (Wildman–Crippen MR) is 108 cm³/mol. The van der Waals surface area contributed by atoms with Gasteiger partial charge in [-0.2, -0.15) is 5.10 Å². The average molecular weight is 377 g/mol. The molecule has 1 aliphatic rings. The SMILES string of the molecule is COc1ccc(-c2cc(N3CCCN(C(=O)c4ccccn4)CC3)n[nH]2)cc1. The molecule has 1 N–H and O–H groups in total. The largest absolute Gasteiger partial charge is 0.497 e. The van der Waals surface area contributed by atoms with E-state index in [1.54, 1.807) is 19.4 Å². The molecular formula is C21H23N5O2. The van der Waals surface area contributed by atoms with E-state index in [4.69, 9.17) is 4.74 Å². The van der Waals surface area contributed by atoms with Crippen molar-refractivity contribution in [3.63, 3.8) is 0 Å². The fraction of sp³-hybridized carbons (Fsp3) is 0.286. The van der Waals surface area contributed by atoms with Crippen LogP contribution in [0.5, 0.6) is 5.75 Å². The first-order valence-electron chi connectivity index (χ1n) is 9.40. The second kappa shape index (κ2) is 8.12. The molecule has 3 heterocycles. The molecule has 1 aliphatic heterocycles. The van der Waals surface area contributed by atoms with Gasteiger partial charge in [0.2, 0.25) is 0 Å². The van der Waals surface area contributed by atoms with E-state index in [0.717, 1.165) is 48.9 Å². The summed E-state index contributed by atoms with van der Waals surface area (Å²) in [6.07, 6.45) is 2.55. The van der Waals surface area contributed by atoms with Gasteiger partial charge < -0.3 is 14.5 Å². The Bertz CT molecular complexity index is 923. The van der Waals surface area contributed by atoms with Gasteiger partial charge in [0.25, 0.3) is 5.91 Å². The molecule has 0 unspecified atom stereocenters. The van der Waals surface area contributed by atoms with E-state index in [-0.39, 0.29) is 5.91 Å². The van der Waals surface area contributed by atoms with Crippen LogP contribution in [0.25, 0.3) is 11.3 Å². The molecule has 7 nitrogen and oxygen atoms in total. The lowest BCUT2D eigenvalue weighted by Crippen LogP contribution is -2.35. The number of amides is 1. The van der Waals surface area contributed by atoms with E-state index in [0.29, 0.717) is 12.2 Å². The number of nitrogens with one attached hydrogen (secondary N) is 1. The van der Waals surface area contributed by atoms with E-state index in [9.17, 15) is 4.79 Å². The molecule has 1 amide bonds. The zero-order chi connectivity index (χ0) is 19.3. The summed E-state index contributed by atoms with van der Waals surface area (Å²) < 4.78 is 5.21. The van der Waals surface area contributed by atoms with Gasteiger partial charge in [0.1, 0.15) is 11.4 Å². The normalized spacial score (nSPS) is 14.6. The van der Waals surface area contributed by atoms with Crippen LogP contribution in [0, 0.1) is 0 Å². The fourth-order valence-corrected chi connectivity index (χ4v) is 3.39. The van der Waals surface area contributed by atoms with Crippen LogP contribution in [0.1, 0.15) is 16.9 Å². The van der Waals surface area contributed by atoms with E-state index in [1.807, 2.05) is 41.3 Å². The van der Waals surface area contributed by atoms with E-state index in [2.05, 4.69) is 26.1 Å². The van der Waals surface area contributed by atoms with Crippen LogP contribution in [-0.2, 0) is 0 Å². The minimum absolute atomic E-state index is 0.0107. The average Bonchev–Trinajstić information content (AvgIpc) is 3.12. The quantitative estimate of drug-likeness (QED) is 0.757. The monoisotopic (exact) mass is 377 g/mol. The number of carbonyl (C=O) groups is 1. The molecule has 2 aromatic heterocycles. The van der Waals surface area contributed by atoms with Gasteiger partial charge in [-0.15, -0.1) is 0 Å². The molecule has 4 rings (SSSR count). The Morgan fingerprint density at radius 1 is 1.07 bits per heavy atom. The number of ether oxygens (including phenoxy) is 1. The third kappa shape index (κ3) is 3.83. The van der Waals surface area contributed by atoms with Gasteiger partial charge in [0.15, 0.2) is 5.82 Å². The van der Waals surface area contributed by atoms with Crippen molar-refractivity contribution in [2.45, 2.75) is 6.42 Å². The smallest absolute Gasteiger partial charge is 0.272 e. The van der Waals surface area contributed by atoms with Crippen molar-refractivity contribution < 1.29 is 9.53 Å². The van der Waals surface area contributed by atoms with Crippen LogP contribution >= 0.6 is 0 Å². The Morgan fingerprint density at radius 3 is 2.68 bits per heavy atom. The number of methoxy groups -OCH3 is 1. The highest BCUT2D eigenvalue weighted by Crippen LogP contribution is 2.24. The molecule has 0 aliphatic carbocycles. The van der Waals surface area contributed by atoms with E-state index >= 15 is 0 Å². The van der Waals surface area contributed by atoms with Crippen molar-refractivity contribution in [2.75, 3.05) is 38.2 Å². The fourth-order valence-electron chi connectivity index (χ4n) is 3.39. The first kappa shape index (κ1) is 18.0. The lowest BCUT2D eigenvalue weighted by atomic mass is 10.1. The summed E-state index contributed by atoms with van der Waals surface area (Å²) in [5.41, 5.74) is 2.52. The Labute approximate surface area is 164 Å². The molecule has 1 aromatic carbocycles. The highest BCUT2D eigenvalue weighted by atomic mass is 16.5. The summed E-state index contributed by atoms with van der Waals surface area (Å²) >= 11 is 0. The van der Waals surface area contributed by atoms with Gasteiger partial charge in [0.05, 0.1) is 12.8 Å². The number of aromatic amines is 1. The summed E-state index contributed by atoms with van der Waals surface area (Å²) in [6, 6.07) is 15.4. The van der Waals surface area contributed by atoms with E-state index < -0.39 is 0 Å². The van der Waals surface area contributed by atoms with Crippen molar-refractivity contribution in [1.82, 2.24) is 20.1 Å². The second-order valence-electron chi connectivity index (χ2n) is 6.72. The Hall–Kier alpha value is -3.35. The molecule has 0 radical (unpaired) electrons. The number of hydrogen-bond acceptors (Lipinski definition) is 5. The molecule has 28 heavy (non-hydrogen) atoms. The lowest BCUT2D eigenvalue weighted by molar-refractivity contribution is 0.0761. The van der Waals surface area contributed by atoms with Crippen LogP contribution in [0.3, 0.4) is 0 Å². The van der Waals surface area contributed by atoms with Gasteiger partial charge in [-0.05, 0) is 48.4 Å². The van der Waals surface area contributed by atoms with Crippen LogP contribution in [0.4, 0.5) is 5.82 Å². The summed E-state index contributed by atoms with van der Waals surface area (Å²) in [5.74, 6) is 1.72. The van der Waals surface area contributed by atoms with Crippen molar-refractivity contribution in [2.24, 2.45) is 0 Å². The number of rotatable bonds is 4. The Balaban J connectivity index is 1.43. The van der Waals surface area contributed by atoms with Gasteiger partial charge in [-0.3, -0.25) is 14.9 Å². The topological polar surface area (TPSA) is 74.3 Å². The zero-order valence-electron chi connectivity index (χ0n) is 15.8. The first-order valence-corrected chi connectivity index (χ1v) is 9.40. The van der Waals surface area contributed by atoms with E-state index in [1.165, 1.54) is 0 Å². The number of aromatic nitrogens is 3. The third-order valence-electron chi connectivity index (χ3n) is 4.96. The second-order valence-corrected chi connectivity index (χ2v) is 6.72. The summed E-state index contributed by atoms with van der Waals surface area (Å²) in [5, 5.41) is 7.60. The minimum atomic E-state index is -0.0107. The minimum Gasteiger partial charge on any atom is -0.497 e. The predicted octanol–water partition coefficient (Wildman–Crippen LogP) is 2.83. The van der Waals surface area contributed by atoms with Crippen molar-refractivity contribution in [3.05, 3.63) is 60.4 Å². The molecule has 0 saturated carbocycles. The molecule has 0 bridgehead atoms. The molecule has 1 saturated heterocycles. The maximum atomic E-state index is 12.6. The van der Waals surface area contributed by atoms with Crippen molar-refractivity contribution >= 4 is 11.7 Å². The van der Waals surface area contributed by atoms with Gasteiger partial charge >= 0.3 is 0 Å². The van der Waals surface area contributed by atoms with Crippen molar-refractivity contribution in [3.8, 4) is 17.0 Å². The molecule has 1 fully saturated rings. The van der Waals surface area contributed by atoms with Crippen LogP contribution in [0.2, 0.25) is 0 Å². The molecule has 0 atom stereocenters. The lowest BCUT2D eigenvalue weighted by Gasteiger charge is -2.21. The number of hydrogen-bond donors (Lipinski definition) is 1. The maximum Gasteiger partial charge on any atom is 0.272 e. The van der Waals surface area contributed by atoms with Crippen LogP contribution < -0.4 is 9.64 Å². The molecule has 144 valence electrons. The highest BCUT2D eigenvalue weighted by Gasteiger charge is 2.22. The first-order chi connectivity index (χ1) is 13.7. The molecular weight excluding hydrogens is 354 g/mol. The Morgan fingerprint density at radius 2 is 1.93 bits per heavy atom. The number of H-pyrrole nitrogens is 1. The number of anilines is 1. The standard InChI is InChI=1S/C21H23N5O2/c1-28-17-8-6-16(7-9-17)19-15-20(24-23-19)25-11-4-12-26(14-13-25)21(27)18-5-2-3-10-22-18/h2-3,5-10,15H,4,11-14H2,1H3,(H,23,24). The number of nitrogens with zero attached hydrogens (tertiary/aromatic N) is 4. The van der Waals surface area contributed by atoms with Crippen LogP contribution in [-0.4, -0.2) is 59.3 Å². The third-order valence-corrected chi connectivity index (χ3v) is 4.96. The maximum absolute atomic E-state index is 12.6. The molecule has 7 heteroatoms. The summed E-state index contributed by atoms with van der Waals surface area (Å²) in [4.78, 5) is 20.9. The molecule has 3 aromatic rings. The summed E-state index contributed by atoms with van der Waals surface area (Å²) in [7, 11) is 1.66. The van der Waals surface area contributed by atoms with Crippen molar-refractivity contribution in [1.29, 1.82) is 0 Å². The van der Waals surface area contributed by atoms with Gasteiger partial charge in [0, 0.05) is 38.4 Å². The number of carbonyl (C=O) groups excluding carboxylic acids is 1. The van der Waals surface area contributed by atoms with Gasteiger partial charge in [-0.25, -0.2) is 0 Å². The summed E-state index contributed by atoms with van der Waals surface area (Å²) in [6.45, 7) is 2.98. The molecule has 0 spiro atoms. The number of benzene rings is 1. The van der Waals surface area contributed by atoms with Gasteiger partial charge in [-0.1, -0.05) is 6.07 Å².